The summed E-state index contributed by atoms with van der Waals surface area (Å²) in [5.74, 6) is 2.59. The number of piperidine rings is 1. The summed E-state index contributed by atoms with van der Waals surface area (Å²) in [5.41, 5.74) is 1.60. The minimum absolute atomic E-state index is 0.787. The van der Waals surface area contributed by atoms with Crippen molar-refractivity contribution >= 4 is 0 Å². The highest BCUT2D eigenvalue weighted by Crippen LogP contribution is 2.37. The largest absolute Gasteiger partial charge is 0.316 e. The number of fused-ring (bicyclic) bond motifs is 2. The summed E-state index contributed by atoms with van der Waals surface area (Å²) >= 11 is 0. The monoisotopic (exact) mass is 276 g/mol. The zero-order valence-electron chi connectivity index (χ0n) is 13.6. The minimum Gasteiger partial charge on any atom is -0.316 e. The van der Waals surface area contributed by atoms with E-state index in [0.29, 0.717) is 0 Å². The summed E-state index contributed by atoms with van der Waals surface area (Å²) in [6.07, 6.45) is 10.9. The highest BCUT2D eigenvalue weighted by molar-refractivity contribution is 5.06. The van der Waals surface area contributed by atoms with Gasteiger partial charge < -0.3 is 10.2 Å². The fourth-order valence-corrected chi connectivity index (χ4v) is 5.02. The van der Waals surface area contributed by atoms with E-state index in [4.69, 9.17) is 0 Å². The molecule has 0 spiro atoms. The second-order valence-electron chi connectivity index (χ2n) is 7.84. The lowest BCUT2D eigenvalue weighted by atomic mass is 9.83. The third-order valence-corrected chi connectivity index (χ3v) is 5.95. The number of allylic oxidation sites excluding steroid dienone is 2. The second-order valence-corrected chi connectivity index (χ2v) is 7.84. The van der Waals surface area contributed by atoms with E-state index < -0.39 is 0 Å². The van der Waals surface area contributed by atoms with Gasteiger partial charge in [0.15, 0.2) is 0 Å². The van der Waals surface area contributed by atoms with E-state index >= 15 is 0 Å². The van der Waals surface area contributed by atoms with E-state index in [1.807, 2.05) is 0 Å². The maximum atomic E-state index is 3.80. The molecule has 1 N–H and O–H groups in total. The minimum atomic E-state index is 0.787. The predicted molar refractivity (Wildman–Crippen MR) is 85.8 cm³/mol. The van der Waals surface area contributed by atoms with E-state index in [-0.39, 0.29) is 0 Å². The zero-order chi connectivity index (χ0) is 14.1. The molecule has 2 aliphatic heterocycles. The summed E-state index contributed by atoms with van der Waals surface area (Å²) in [7, 11) is 2.34. The van der Waals surface area contributed by atoms with Crippen molar-refractivity contribution in [2.24, 2.45) is 17.8 Å². The van der Waals surface area contributed by atoms with Crippen LogP contribution in [-0.2, 0) is 0 Å². The van der Waals surface area contributed by atoms with Crippen LogP contribution in [-0.4, -0.2) is 37.1 Å². The van der Waals surface area contributed by atoms with Crippen LogP contribution in [0.3, 0.4) is 0 Å². The molecule has 0 aromatic carbocycles. The van der Waals surface area contributed by atoms with Crippen molar-refractivity contribution in [3.8, 4) is 0 Å². The Balaban J connectivity index is 1.39. The highest BCUT2D eigenvalue weighted by Gasteiger charge is 2.38. The summed E-state index contributed by atoms with van der Waals surface area (Å²) in [6.45, 7) is 7.16. The van der Waals surface area contributed by atoms with E-state index in [1.165, 1.54) is 51.6 Å². The molecule has 2 nitrogen and oxygen atoms in total. The molecular formula is C18H32N2. The van der Waals surface area contributed by atoms with Gasteiger partial charge in [0, 0.05) is 12.1 Å². The Kier molecular flexibility index (Phi) is 4.52. The smallest absolute Gasteiger partial charge is 0.00988 e. The van der Waals surface area contributed by atoms with Gasteiger partial charge in [-0.1, -0.05) is 18.6 Å². The molecule has 0 aromatic rings. The number of rotatable bonds is 4. The van der Waals surface area contributed by atoms with Gasteiger partial charge in [0.05, 0.1) is 0 Å². The SMILES string of the molecule is CC1=CC(C)CC(CNCC2CC3CCC(C2)N3C)C1. The third kappa shape index (κ3) is 3.28. The lowest BCUT2D eigenvalue weighted by Gasteiger charge is -2.36. The van der Waals surface area contributed by atoms with E-state index in [2.05, 4.69) is 37.2 Å². The normalized spacial score (nSPS) is 41.8. The van der Waals surface area contributed by atoms with Gasteiger partial charge in [0.1, 0.15) is 0 Å². The van der Waals surface area contributed by atoms with Crippen molar-refractivity contribution in [2.75, 3.05) is 20.1 Å². The Morgan fingerprint density at radius 3 is 2.40 bits per heavy atom. The number of hydrogen-bond acceptors (Lipinski definition) is 2. The molecule has 2 fully saturated rings. The fraction of sp³-hybridized carbons (Fsp3) is 0.889. The maximum absolute atomic E-state index is 3.80. The molecular weight excluding hydrogens is 244 g/mol. The van der Waals surface area contributed by atoms with E-state index in [1.54, 1.807) is 5.57 Å². The molecule has 0 aromatic heterocycles. The quantitative estimate of drug-likeness (QED) is 0.791. The first kappa shape index (κ1) is 14.6. The predicted octanol–water partition coefficient (Wildman–Crippen LogP) is 3.44. The van der Waals surface area contributed by atoms with Crippen LogP contribution in [0.15, 0.2) is 11.6 Å². The topological polar surface area (TPSA) is 15.3 Å². The maximum Gasteiger partial charge on any atom is 0.00988 e. The van der Waals surface area contributed by atoms with Crippen molar-refractivity contribution < 1.29 is 0 Å². The molecule has 20 heavy (non-hydrogen) atoms. The first-order valence-electron chi connectivity index (χ1n) is 8.71. The molecule has 2 heteroatoms. The van der Waals surface area contributed by atoms with E-state index in [0.717, 1.165) is 29.8 Å². The lowest BCUT2D eigenvalue weighted by Crippen LogP contribution is -2.43. The molecule has 2 heterocycles. The van der Waals surface area contributed by atoms with Crippen LogP contribution in [0.1, 0.15) is 52.4 Å². The Bertz CT molecular complexity index is 348. The summed E-state index contributed by atoms with van der Waals surface area (Å²) < 4.78 is 0. The molecule has 4 atom stereocenters. The molecule has 4 unspecified atom stereocenters. The number of nitrogens with zero attached hydrogens (tertiary/aromatic N) is 1. The Hall–Kier alpha value is -0.340. The van der Waals surface area contributed by atoms with Crippen LogP contribution in [0.2, 0.25) is 0 Å². The molecule has 2 saturated heterocycles. The summed E-state index contributed by atoms with van der Waals surface area (Å²) in [4.78, 5) is 2.65. The number of nitrogens with one attached hydrogen (secondary N) is 1. The molecule has 3 aliphatic rings. The molecule has 114 valence electrons. The Morgan fingerprint density at radius 1 is 1.10 bits per heavy atom. The van der Waals surface area contributed by atoms with Crippen molar-refractivity contribution in [3.63, 3.8) is 0 Å². The van der Waals surface area contributed by atoms with Gasteiger partial charge in [-0.3, -0.25) is 0 Å². The van der Waals surface area contributed by atoms with Crippen molar-refractivity contribution in [1.82, 2.24) is 10.2 Å². The third-order valence-electron chi connectivity index (χ3n) is 5.95. The van der Waals surface area contributed by atoms with Crippen LogP contribution in [0, 0.1) is 17.8 Å². The molecule has 1 aliphatic carbocycles. The lowest BCUT2D eigenvalue weighted by molar-refractivity contribution is 0.132. The van der Waals surface area contributed by atoms with Gasteiger partial charge in [-0.05, 0) is 83.3 Å². The molecule has 0 amide bonds. The van der Waals surface area contributed by atoms with Gasteiger partial charge in [0.2, 0.25) is 0 Å². The van der Waals surface area contributed by atoms with Gasteiger partial charge >= 0.3 is 0 Å². The Morgan fingerprint density at radius 2 is 1.75 bits per heavy atom. The summed E-state index contributed by atoms with van der Waals surface area (Å²) in [5, 5.41) is 3.80. The summed E-state index contributed by atoms with van der Waals surface area (Å²) in [6, 6.07) is 1.78. The highest BCUT2D eigenvalue weighted by atomic mass is 15.2. The van der Waals surface area contributed by atoms with Crippen LogP contribution in [0.5, 0.6) is 0 Å². The standard InChI is InChI=1S/C18H32N2/c1-13-6-14(2)8-15(7-13)11-19-12-16-9-17-4-5-18(10-16)20(17)3/h6,13,15-19H,4-5,7-12H2,1-3H3. The first-order chi connectivity index (χ1) is 9.61. The molecule has 0 radical (unpaired) electrons. The van der Waals surface area contributed by atoms with Crippen molar-refractivity contribution in [1.29, 1.82) is 0 Å². The van der Waals surface area contributed by atoms with Crippen LogP contribution in [0.25, 0.3) is 0 Å². The first-order valence-corrected chi connectivity index (χ1v) is 8.71. The van der Waals surface area contributed by atoms with Crippen molar-refractivity contribution in [2.45, 2.75) is 64.5 Å². The fourth-order valence-electron chi connectivity index (χ4n) is 5.02. The average molecular weight is 276 g/mol. The average Bonchev–Trinajstić information content (AvgIpc) is 2.61. The molecule has 3 rings (SSSR count). The van der Waals surface area contributed by atoms with E-state index in [9.17, 15) is 0 Å². The number of hydrogen-bond donors (Lipinski definition) is 1. The molecule has 2 bridgehead atoms. The zero-order valence-corrected chi connectivity index (χ0v) is 13.6. The van der Waals surface area contributed by atoms with Gasteiger partial charge in [-0.15, -0.1) is 0 Å². The Labute approximate surface area is 125 Å². The molecule has 0 saturated carbocycles. The van der Waals surface area contributed by atoms with Gasteiger partial charge in [-0.2, -0.15) is 0 Å². The van der Waals surface area contributed by atoms with Crippen molar-refractivity contribution in [3.05, 3.63) is 11.6 Å². The van der Waals surface area contributed by atoms with Gasteiger partial charge in [0.25, 0.3) is 0 Å². The second kappa shape index (κ2) is 6.19. The van der Waals surface area contributed by atoms with Crippen LogP contribution >= 0.6 is 0 Å². The van der Waals surface area contributed by atoms with Crippen LogP contribution in [0.4, 0.5) is 0 Å². The van der Waals surface area contributed by atoms with Gasteiger partial charge in [-0.25, -0.2) is 0 Å². The van der Waals surface area contributed by atoms with Crippen LogP contribution < -0.4 is 5.32 Å².